The monoisotopic (exact) mass is 508 g/mol. The second kappa shape index (κ2) is 8.59. The Bertz CT molecular complexity index is 1190. The lowest BCUT2D eigenvalue weighted by atomic mass is 9.93. The molecule has 3 fully saturated rings. The molecule has 1 saturated heterocycles. The Morgan fingerprint density at radius 2 is 1.85 bits per heavy atom. The molecule has 168 valence electrons. The fourth-order valence-corrected chi connectivity index (χ4v) is 5.49. The number of fused-ring (bicyclic) bond motifs is 2. The molecule has 33 heavy (non-hydrogen) atoms. The van der Waals surface area contributed by atoms with E-state index >= 15 is 0 Å². The van der Waals surface area contributed by atoms with Gasteiger partial charge < -0.3 is 4.74 Å². The lowest BCUT2D eigenvalue weighted by Gasteiger charge is -2.35. The summed E-state index contributed by atoms with van der Waals surface area (Å²) in [6.07, 6.45) is 5.29. The normalized spacial score (nSPS) is 25.5. The Hall–Kier alpha value is -3.26. The summed E-state index contributed by atoms with van der Waals surface area (Å²) in [7, 11) is 0. The first kappa shape index (κ1) is 21.6. The van der Waals surface area contributed by atoms with Gasteiger partial charge in [0.2, 0.25) is 0 Å². The van der Waals surface area contributed by atoms with Crippen LogP contribution in [0.15, 0.2) is 58.6 Å². The molecule has 0 unspecified atom stereocenters. The van der Waals surface area contributed by atoms with Gasteiger partial charge in [0.25, 0.3) is 11.8 Å². The number of nitrogens with zero attached hydrogens (tertiary/aromatic N) is 1. The third-order valence-corrected chi connectivity index (χ3v) is 7.14. The molecule has 2 aromatic carbocycles. The zero-order valence-corrected chi connectivity index (χ0v) is 19.2. The van der Waals surface area contributed by atoms with E-state index in [1.165, 1.54) is 11.0 Å². The third-order valence-electron chi connectivity index (χ3n) is 6.65. The van der Waals surface area contributed by atoms with Crippen LogP contribution in [-0.4, -0.2) is 34.8 Å². The van der Waals surface area contributed by atoms with Crippen molar-refractivity contribution in [1.82, 2.24) is 10.2 Å². The lowest BCUT2D eigenvalue weighted by molar-refractivity contribution is -0.132. The number of carbonyl (C=O) groups is 4. The first-order chi connectivity index (χ1) is 15.9. The quantitative estimate of drug-likeness (QED) is 0.287. The predicted octanol–water partition coefficient (Wildman–Crippen LogP) is 4.32. The average molecular weight is 509 g/mol. The zero-order valence-electron chi connectivity index (χ0n) is 17.6. The molecule has 4 amide bonds. The first-order valence-electron chi connectivity index (χ1n) is 10.9. The molecule has 0 radical (unpaired) electrons. The van der Waals surface area contributed by atoms with Gasteiger partial charge >= 0.3 is 12.0 Å². The van der Waals surface area contributed by atoms with E-state index < -0.39 is 23.8 Å². The van der Waals surface area contributed by atoms with Gasteiger partial charge in [-0.05, 0) is 67.5 Å². The lowest BCUT2D eigenvalue weighted by Crippen LogP contribution is -2.58. The van der Waals surface area contributed by atoms with Crippen molar-refractivity contribution in [3.63, 3.8) is 0 Å². The molecule has 2 saturated carbocycles. The Kier molecular flexibility index (Phi) is 5.62. The van der Waals surface area contributed by atoms with Gasteiger partial charge in [-0.15, -0.1) is 0 Å². The molecule has 5 rings (SSSR count). The van der Waals surface area contributed by atoms with Gasteiger partial charge in [-0.3, -0.25) is 19.8 Å². The number of barbiturate groups is 1. The van der Waals surface area contributed by atoms with E-state index in [0.29, 0.717) is 21.5 Å². The second-order valence-corrected chi connectivity index (χ2v) is 9.59. The smallest absolute Gasteiger partial charge is 0.343 e. The van der Waals surface area contributed by atoms with Crippen LogP contribution in [-0.2, 0) is 9.59 Å². The summed E-state index contributed by atoms with van der Waals surface area (Å²) in [5.74, 6) is -0.919. The molecular weight excluding hydrogens is 488 g/mol. The summed E-state index contributed by atoms with van der Waals surface area (Å²) in [6, 6.07) is 12.6. The highest BCUT2D eigenvalue weighted by molar-refractivity contribution is 9.10. The second-order valence-electron chi connectivity index (χ2n) is 8.67. The summed E-state index contributed by atoms with van der Waals surface area (Å²) in [5.41, 5.74) is 0.584. The summed E-state index contributed by atoms with van der Waals surface area (Å²) in [4.78, 5) is 52.3. The van der Waals surface area contributed by atoms with Crippen molar-refractivity contribution in [3.8, 4) is 5.75 Å². The van der Waals surface area contributed by atoms with Crippen molar-refractivity contribution >= 4 is 45.8 Å². The Balaban J connectivity index is 1.47. The van der Waals surface area contributed by atoms with E-state index in [9.17, 15) is 19.2 Å². The van der Waals surface area contributed by atoms with Crippen LogP contribution in [0.3, 0.4) is 0 Å². The molecular formula is C25H21BrN2O5. The van der Waals surface area contributed by atoms with Crippen molar-refractivity contribution in [1.29, 1.82) is 0 Å². The third kappa shape index (κ3) is 4.11. The number of nitrogens with one attached hydrogen (secondary N) is 1. The molecule has 7 nitrogen and oxygen atoms in total. The first-order valence-corrected chi connectivity index (χ1v) is 11.7. The van der Waals surface area contributed by atoms with Gasteiger partial charge in [0.15, 0.2) is 0 Å². The predicted molar refractivity (Wildman–Crippen MR) is 123 cm³/mol. The van der Waals surface area contributed by atoms with Gasteiger partial charge in [-0.25, -0.2) is 9.59 Å². The van der Waals surface area contributed by atoms with E-state index in [4.69, 9.17) is 4.74 Å². The SMILES string of the molecule is O=C1NC(=O)N([C@@H]2C[C@H]3CC[C@H]2C3)C(=O)/C1=C\c1cc(Br)ccc1OC(=O)c1ccccc1. The fraction of sp³-hybridized carbons (Fsp3) is 0.280. The Labute approximate surface area is 198 Å². The number of rotatable bonds is 4. The molecule has 1 N–H and O–H groups in total. The van der Waals surface area contributed by atoms with Crippen molar-refractivity contribution in [2.45, 2.75) is 31.7 Å². The van der Waals surface area contributed by atoms with E-state index in [0.717, 1.165) is 25.7 Å². The maximum absolute atomic E-state index is 13.3. The molecule has 3 atom stereocenters. The number of carbonyl (C=O) groups excluding carboxylic acids is 4. The Morgan fingerprint density at radius 1 is 1.06 bits per heavy atom. The summed E-state index contributed by atoms with van der Waals surface area (Å²) in [6.45, 7) is 0. The number of urea groups is 1. The van der Waals surface area contributed by atoms with Crippen molar-refractivity contribution in [2.75, 3.05) is 0 Å². The summed E-state index contributed by atoms with van der Waals surface area (Å²) < 4.78 is 6.24. The van der Waals surface area contributed by atoms with Crippen LogP contribution in [0.5, 0.6) is 5.75 Å². The van der Waals surface area contributed by atoms with Crippen LogP contribution in [0.2, 0.25) is 0 Å². The van der Waals surface area contributed by atoms with Gasteiger partial charge in [-0.1, -0.05) is 40.5 Å². The minimum Gasteiger partial charge on any atom is -0.422 e. The van der Waals surface area contributed by atoms with Crippen molar-refractivity contribution in [2.24, 2.45) is 11.8 Å². The highest BCUT2D eigenvalue weighted by Gasteiger charge is 2.49. The molecule has 3 aliphatic rings. The molecule has 8 heteroatoms. The zero-order chi connectivity index (χ0) is 23.1. The molecule has 2 aliphatic carbocycles. The summed E-state index contributed by atoms with van der Waals surface area (Å²) in [5, 5.41) is 2.31. The number of halogens is 1. The van der Waals surface area contributed by atoms with Gasteiger partial charge in [0, 0.05) is 16.1 Å². The van der Waals surface area contributed by atoms with E-state index in [1.807, 2.05) is 0 Å². The maximum Gasteiger partial charge on any atom is 0.343 e. The fourth-order valence-electron chi connectivity index (χ4n) is 5.11. The van der Waals surface area contributed by atoms with Crippen LogP contribution < -0.4 is 10.1 Å². The Morgan fingerprint density at radius 3 is 2.55 bits per heavy atom. The number of amides is 4. The molecule has 0 spiro atoms. The minimum atomic E-state index is -0.760. The van der Waals surface area contributed by atoms with Crippen molar-refractivity contribution in [3.05, 3.63) is 69.7 Å². The highest BCUT2D eigenvalue weighted by Crippen LogP contribution is 2.47. The number of imide groups is 2. The molecule has 2 aromatic rings. The minimum absolute atomic E-state index is 0.160. The molecule has 0 aromatic heterocycles. The molecule has 2 bridgehead atoms. The van der Waals surface area contributed by atoms with Crippen LogP contribution >= 0.6 is 15.9 Å². The van der Waals surface area contributed by atoms with E-state index in [1.54, 1.807) is 48.5 Å². The maximum atomic E-state index is 13.3. The standard InChI is InChI=1S/C25H21BrN2O5/c26-18-8-9-21(33-24(31)15-4-2-1-3-5-15)17(12-18)13-19-22(29)27-25(32)28(23(19)30)20-11-14-6-7-16(20)10-14/h1-5,8-9,12-14,16,20H,6-7,10-11H2,(H,27,29,32)/b19-13-/t14-,16-,20+/m0/s1. The van der Waals surface area contributed by atoms with Crippen LogP contribution in [0.4, 0.5) is 4.79 Å². The highest BCUT2D eigenvalue weighted by atomic mass is 79.9. The van der Waals surface area contributed by atoms with E-state index in [2.05, 4.69) is 21.2 Å². The largest absolute Gasteiger partial charge is 0.422 e. The number of hydrogen-bond donors (Lipinski definition) is 1. The number of hydrogen-bond acceptors (Lipinski definition) is 5. The molecule has 1 aliphatic heterocycles. The van der Waals surface area contributed by atoms with Gasteiger partial charge in [-0.2, -0.15) is 0 Å². The van der Waals surface area contributed by atoms with Gasteiger partial charge in [0.05, 0.1) is 5.56 Å². The van der Waals surface area contributed by atoms with E-state index in [-0.39, 0.29) is 23.3 Å². The van der Waals surface area contributed by atoms with Crippen LogP contribution in [0.25, 0.3) is 6.08 Å². The van der Waals surface area contributed by atoms with Gasteiger partial charge in [0.1, 0.15) is 11.3 Å². The van der Waals surface area contributed by atoms with Crippen molar-refractivity contribution < 1.29 is 23.9 Å². The number of esters is 1. The topological polar surface area (TPSA) is 92.8 Å². The average Bonchev–Trinajstić information content (AvgIpc) is 3.42. The number of benzene rings is 2. The number of ether oxygens (including phenoxy) is 1. The summed E-state index contributed by atoms with van der Waals surface area (Å²) >= 11 is 3.38. The molecule has 1 heterocycles. The van der Waals surface area contributed by atoms with Crippen LogP contribution in [0, 0.1) is 11.8 Å². The van der Waals surface area contributed by atoms with Crippen LogP contribution in [0.1, 0.15) is 41.6 Å².